The maximum atomic E-state index is 12.4. The molecule has 108 valence electrons. The molecule has 20 heavy (non-hydrogen) atoms. The first-order valence-electron chi connectivity index (χ1n) is 6.78. The van der Waals surface area contributed by atoms with Crippen LogP contribution in [0.15, 0.2) is 18.2 Å². The van der Waals surface area contributed by atoms with Gasteiger partial charge in [0.05, 0.1) is 11.3 Å². The van der Waals surface area contributed by atoms with Crippen LogP contribution >= 0.6 is 0 Å². The van der Waals surface area contributed by atoms with Crippen LogP contribution in [0.25, 0.3) is 0 Å². The molecule has 1 aromatic rings. The van der Waals surface area contributed by atoms with E-state index in [1.54, 1.807) is 18.2 Å². The minimum Gasteiger partial charge on any atom is -0.478 e. The van der Waals surface area contributed by atoms with Gasteiger partial charge in [-0.05, 0) is 45.0 Å². The Hall–Kier alpha value is -1.88. The lowest BCUT2D eigenvalue weighted by Gasteiger charge is -2.32. The summed E-state index contributed by atoms with van der Waals surface area (Å²) in [5, 5.41) is 15.2. The Labute approximate surface area is 118 Å². The molecule has 2 rings (SSSR count). The molecule has 5 nitrogen and oxygen atoms in total. The molecule has 1 aliphatic rings. The number of anilines is 1. The van der Waals surface area contributed by atoms with Crippen LogP contribution in [-0.4, -0.2) is 30.1 Å². The van der Waals surface area contributed by atoms with Crippen LogP contribution in [0.4, 0.5) is 5.69 Å². The maximum absolute atomic E-state index is 12.4. The van der Waals surface area contributed by atoms with Crippen LogP contribution in [0.1, 0.15) is 35.7 Å². The molecule has 1 aliphatic heterocycles. The topological polar surface area (TPSA) is 78.4 Å². The largest absolute Gasteiger partial charge is 0.478 e. The quantitative estimate of drug-likeness (QED) is 0.789. The molecule has 1 heterocycles. The first-order chi connectivity index (χ1) is 9.42. The van der Waals surface area contributed by atoms with Gasteiger partial charge in [-0.2, -0.15) is 0 Å². The molecule has 3 N–H and O–H groups in total. The van der Waals surface area contributed by atoms with Crippen molar-refractivity contribution in [1.29, 1.82) is 0 Å². The Morgan fingerprint density at radius 2 is 1.95 bits per heavy atom. The third-order valence-electron chi connectivity index (χ3n) is 3.91. The van der Waals surface area contributed by atoms with Crippen molar-refractivity contribution in [2.45, 2.75) is 26.7 Å². The highest BCUT2D eigenvalue weighted by Crippen LogP contribution is 2.30. The number of amides is 1. The number of aryl methyl sites for hydroxylation is 1. The third-order valence-corrected chi connectivity index (χ3v) is 3.91. The zero-order valence-electron chi connectivity index (χ0n) is 11.8. The summed E-state index contributed by atoms with van der Waals surface area (Å²) < 4.78 is 0. The minimum atomic E-state index is -1.03. The van der Waals surface area contributed by atoms with E-state index in [-0.39, 0.29) is 11.5 Å². The highest BCUT2D eigenvalue weighted by atomic mass is 16.4. The Kier molecular flexibility index (Phi) is 4.09. The molecular formula is C15H20N2O3. The molecule has 0 unspecified atom stereocenters. The predicted octanol–water partition coefficient (Wildman–Crippen LogP) is 2.02. The number of hydrogen-bond donors (Lipinski definition) is 3. The highest BCUT2D eigenvalue weighted by Gasteiger charge is 2.34. The van der Waals surface area contributed by atoms with E-state index in [1.807, 2.05) is 13.8 Å². The average Bonchev–Trinajstić information content (AvgIpc) is 2.41. The van der Waals surface area contributed by atoms with Crippen molar-refractivity contribution in [3.63, 3.8) is 0 Å². The number of hydrogen-bond acceptors (Lipinski definition) is 3. The number of rotatable bonds is 3. The van der Waals surface area contributed by atoms with E-state index in [0.717, 1.165) is 31.5 Å². The average molecular weight is 276 g/mol. The summed E-state index contributed by atoms with van der Waals surface area (Å²) >= 11 is 0. The van der Waals surface area contributed by atoms with E-state index in [0.29, 0.717) is 5.69 Å². The number of benzene rings is 1. The molecule has 0 aromatic heterocycles. The van der Waals surface area contributed by atoms with Gasteiger partial charge in [0.2, 0.25) is 5.91 Å². The van der Waals surface area contributed by atoms with Gasteiger partial charge in [0.25, 0.3) is 0 Å². The van der Waals surface area contributed by atoms with Gasteiger partial charge in [-0.3, -0.25) is 4.79 Å². The molecule has 1 saturated heterocycles. The van der Waals surface area contributed by atoms with E-state index in [9.17, 15) is 14.7 Å². The molecule has 1 aromatic carbocycles. The summed E-state index contributed by atoms with van der Waals surface area (Å²) in [5.74, 6) is -1.13. The molecule has 1 fully saturated rings. The Bertz CT molecular complexity index is 534. The van der Waals surface area contributed by atoms with Crippen molar-refractivity contribution in [2.24, 2.45) is 5.41 Å². The van der Waals surface area contributed by atoms with Crippen molar-refractivity contribution in [3.05, 3.63) is 29.3 Å². The van der Waals surface area contributed by atoms with Gasteiger partial charge in [0.15, 0.2) is 0 Å². The SMILES string of the molecule is Cc1ccc(NC(=O)C2(C)CCNCC2)c(C(=O)O)c1. The van der Waals surface area contributed by atoms with Crippen molar-refractivity contribution in [3.8, 4) is 0 Å². The number of carbonyl (C=O) groups excluding carboxylic acids is 1. The molecule has 5 heteroatoms. The fourth-order valence-corrected chi connectivity index (χ4v) is 2.42. The summed E-state index contributed by atoms with van der Waals surface area (Å²) in [6.07, 6.45) is 1.51. The van der Waals surface area contributed by atoms with Crippen molar-refractivity contribution in [2.75, 3.05) is 18.4 Å². The first kappa shape index (κ1) is 14.5. The molecule has 0 atom stereocenters. The van der Waals surface area contributed by atoms with Crippen LogP contribution in [0.5, 0.6) is 0 Å². The Morgan fingerprint density at radius 1 is 1.30 bits per heavy atom. The summed E-state index contributed by atoms with van der Waals surface area (Å²) in [6, 6.07) is 5.02. The van der Waals surface area contributed by atoms with Crippen molar-refractivity contribution in [1.82, 2.24) is 5.32 Å². The minimum absolute atomic E-state index is 0.106. The van der Waals surface area contributed by atoms with Crippen molar-refractivity contribution < 1.29 is 14.7 Å². The molecular weight excluding hydrogens is 256 g/mol. The second-order valence-electron chi connectivity index (χ2n) is 5.62. The predicted molar refractivity (Wildman–Crippen MR) is 77.0 cm³/mol. The van der Waals surface area contributed by atoms with Crippen LogP contribution in [0, 0.1) is 12.3 Å². The molecule has 0 saturated carbocycles. The maximum Gasteiger partial charge on any atom is 0.337 e. The van der Waals surface area contributed by atoms with E-state index >= 15 is 0 Å². The van der Waals surface area contributed by atoms with E-state index in [1.165, 1.54) is 0 Å². The summed E-state index contributed by atoms with van der Waals surface area (Å²) in [7, 11) is 0. The van der Waals surface area contributed by atoms with Gasteiger partial charge in [-0.1, -0.05) is 18.6 Å². The second-order valence-corrected chi connectivity index (χ2v) is 5.62. The number of aromatic carboxylic acids is 1. The van der Waals surface area contributed by atoms with Crippen molar-refractivity contribution >= 4 is 17.6 Å². The number of carboxylic acid groups (broad SMARTS) is 1. The second kappa shape index (κ2) is 5.63. The lowest BCUT2D eigenvalue weighted by Crippen LogP contribution is -2.43. The zero-order chi connectivity index (χ0) is 14.8. The zero-order valence-corrected chi connectivity index (χ0v) is 11.8. The summed E-state index contributed by atoms with van der Waals surface area (Å²) in [6.45, 7) is 5.37. The van der Waals surface area contributed by atoms with Gasteiger partial charge < -0.3 is 15.7 Å². The fraction of sp³-hybridized carbons (Fsp3) is 0.467. The monoisotopic (exact) mass is 276 g/mol. The van der Waals surface area contributed by atoms with E-state index in [2.05, 4.69) is 10.6 Å². The highest BCUT2D eigenvalue weighted by molar-refractivity contribution is 6.02. The molecule has 0 spiro atoms. The standard InChI is InChI=1S/C15H20N2O3/c1-10-3-4-12(11(9-10)13(18)19)17-14(20)15(2)5-7-16-8-6-15/h3-4,9,16H,5-8H2,1-2H3,(H,17,20)(H,18,19). The van der Waals surface area contributed by atoms with E-state index < -0.39 is 11.4 Å². The normalized spacial score (nSPS) is 17.5. The summed E-state index contributed by atoms with van der Waals surface area (Å²) in [5.41, 5.74) is 0.920. The van der Waals surface area contributed by atoms with Gasteiger partial charge in [0.1, 0.15) is 0 Å². The third kappa shape index (κ3) is 2.99. The Balaban J connectivity index is 2.21. The number of piperidine rings is 1. The molecule has 1 amide bonds. The lowest BCUT2D eigenvalue weighted by atomic mass is 9.80. The van der Waals surface area contributed by atoms with Crippen LogP contribution < -0.4 is 10.6 Å². The number of carbonyl (C=O) groups is 2. The molecule has 0 bridgehead atoms. The smallest absolute Gasteiger partial charge is 0.337 e. The fourth-order valence-electron chi connectivity index (χ4n) is 2.42. The van der Waals surface area contributed by atoms with Crippen LogP contribution in [-0.2, 0) is 4.79 Å². The lowest BCUT2D eigenvalue weighted by molar-refractivity contribution is -0.126. The number of nitrogens with one attached hydrogen (secondary N) is 2. The molecule has 0 aliphatic carbocycles. The first-order valence-corrected chi connectivity index (χ1v) is 6.78. The van der Waals surface area contributed by atoms with E-state index in [4.69, 9.17) is 0 Å². The van der Waals surface area contributed by atoms with Gasteiger partial charge >= 0.3 is 5.97 Å². The van der Waals surface area contributed by atoms with Gasteiger partial charge in [-0.15, -0.1) is 0 Å². The van der Waals surface area contributed by atoms with Gasteiger partial charge in [-0.25, -0.2) is 4.79 Å². The molecule has 0 radical (unpaired) electrons. The Morgan fingerprint density at radius 3 is 2.55 bits per heavy atom. The van der Waals surface area contributed by atoms with Crippen LogP contribution in [0.2, 0.25) is 0 Å². The van der Waals surface area contributed by atoms with Gasteiger partial charge in [0, 0.05) is 5.41 Å². The number of carboxylic acids is 1. The summed E-state index contributed by atoms with van der Waals surface area (Å²) in [4.78, 5) is 23.7. The van der Waals surface area contributed by atoms with Crippen LogP contribution in [0.3, 0.4) is 0 Å².